The Balaban J connectivity index is 2.36. The molecule has 1 unspecified atom stereocenters. The Hall–Kier alpha value is -1.05. The van der Waals surface area contributed by atoms with Crippen LogP contribution in [0, 0.1) is 0 Å². The normalized spacial score (nSPS) is 24.3. The number of hydrogen-bond donors (Lipinski definition) is 1. The topological polar surface area (TPSA) is 40.5 Å². The molecule has 2 rings (SSSR count). The van der Waals surface area contributed by atoms with Crippen LogP contribution in [0.25, 0.3) is 0 Å². The summed E-state index contributed by atoms with van der Waals surface area (Å²) in [6.45, 7) is 0.526. The van der Waals surface area contributed by atoms with Gasteiger partial charge in [0.2, 0.25) is 0 Å². The second kappa shape index (κ2) is 4.81. The van der Waals surface area contributed by atoms with Crippen molar-refractivity contribution in [1.82, 2.24) is 4.31 Å². The molecule has 0 amide bonds. The number of aliphatic hydroxyl groups excluding tert-OH is 1. The van der Waals surface area contributed by atoms with Crippen molar-refractivity contribution in [3.05, 3.63) is 29.8 Å². The van der Waals surface area contributed by atoms with Crippen LogP contribution in [0.5, 0.6) is 0 Å². The largest absolute Gasteiger partial charge is 0.416 e. The van der Waals surface area contributed by atoms with Crippen LogP contribution < -0.4 is 0 Å². The van der Waals surface area contributed by atoms with Gasteiger partial charge in [-0.2, -0.15) is 13.2 Å². The van der Waals surface area contributed by atoms with Gasteiger partial charge in [-0.1, -0.05) is 6.07 Å². The molecule has 7 heteroatoms. The van der Waals surface area contributed by atoms with Crippen molar-refractivity contribution in [3.63, 3.8) is 0 Å². The van der Waals surface area contributed by atoms with Crippen molar-refractivity contribution in [1.29, 1.82) is 0 Å². The molecule has 1 fully saturated rings. The standard InChI is InChI=1S/C12H14F3NO2S/c1-19(18,16-6-5-10(17)8-16)11-4-2-3-9(7-11)12(13,14)15/h2-4,7,10,17H,1,5-6,8H2/t10-,19?/m1/s1. The lowest BCUT2D eigenvalue weighted by atomic mass is 10.2. The lowest BCUT2D eigenvalue weighted by Crippen LogP contribution is -2.29. The summed E-state index contributed by atoms with van der Waals surface area (Å²) >= 11 is 0. The fourth-order valence-corrected chi connectivity index (χ4v) is 3.71. The molecule has 3 nitrogen and oxygen atoms in total. The minimum atomic E-state index is -4.48. The molecule has 1 saturated heterocycles. The maximum absolute atomic E-state index is 12.6. The Kier molecular flexibility index (Phi) is 3.63. The van der Waals surface area contributed by atoms with Crippen molar-refractivity contribution < 1.29 is 22.5 Å². The quantitative estimate of drug-likeness (QED) is 0.844. The highest BCUT2D eigenvalue weighted by Gasteiger charge is 2.32. The zero-order valence-electron chi connectivity index (χ0n) is 10.1. The van der Waals surface area contributed by atoms with E-state index >= 15 is 0 Å². The van der Waals surface area contributed by atoms with Gasteiger partial charge < -0.3 is 5.11 Å². The number of hydrogen-bond acceptors (Lipinski definition) is 2. The van der Waals surface area contributed by atoms with E-state index in [2.05, 4.69) is 5.87 Å². The molecule has 19 heavy (non-hydrogen) atoms. The molecule has 0 saturated carbocycles. The maximum atomic E-state index is 12.6. The minimum absolute atomic E-state index is 0.0384. The molecule has 0 aliphatic carbocycles. The zero-order valence-corrected chi connectivity index (χ0v) is 10.9. The first-order valence-electron chi connectivity index (χ1n) is 5.69. The molecule has 1 aromatic carbocycles. The molecule has 1 N–H and O–H groups in total. The Labute approximate surface area is 109 Å². The van der Waals surface area contributed by atoms with Crippen molar-refractivity contribution >= 4 is 15.6 Å². The molecule has 0 spiro atoms. The molecule has 1 heterocycles. The summed E-state index contributed by atoms with van der Waals surface area (Å²) in [6.07, 6.45) is -4.63. The van der Waals surface area contributed by atoms with E-state index in [4.69, 9.17) is 0 Å². The molecular weight excluding hydrogens is 279 g/mol. The summed E-state index contributed by atoms with van der Waals surface area (Å²) in [5.74, 6) is 3.56. The third-order valence-corrected chi connectivity index (χ3v) is 5.23. The third kappa shape index (κ3) is 2.93. The maximum Gasteiger partial charge on any atom is 0.416 e. The number of rotatable bonds is 2. The fourth-order valence-electron chi connectivity index (χ4n) is 2.00. The highest BCUT2D eigenvalue weighted by Crippen LogP contribution is 2.31. The van der Waals surface area contributed by atoms with Crippen LogP contribution in [-0.2, 0) is 15.9 Å². The number of nitrogens with zero attached hydrogens (tertiary/aromatic N) is 1. The van der Waals surface area contributed by atoms with E-state index in [-0.39, 0.29) is 11.4 Å². The predicted octanol–water partition coefficient (Wildman–Crippen LogP) is 1.76. The molecule has 0 aromatic heterocycles. The summed E-state index contributed by atoms with van der Waals surface area (Å²) in [5.41, 5.74) is -0.846. The van der Waals surface area contributed by atoms with Gasteiger partial charge in [0.25, 0.3) is 0 Å². The van der Waals surface area contributed by atoms with E-state index in [0.717, 1.165) is 12.1 Å². The van der Waals surface area contributed by atoms with E-state index in [1.165, 1.54) is 16.4 Å². The highest BCUT2D eigenvalue weighted by molar-refractivity contribution is 7.98. The van der Waals surface area contributed by atoms with Gasteiger partial charge in [0.05, 0.1) is 21.4 Å². The molecule has 2 atom stereocenters. The summed E-state index contributed by atoms with van der Waals surface area (Å²) in [6, 6.07) is 4.38. The SMILES string of the molecule is C=S(=O)(c1cccc(C(F)(F)F)c1)N1CC[C@@H](O)C1. The van der Waals surface area contributed by atoms with E-state index in [0.29, 0.717) is 13.0 Å². The van der Waals surface area contributed by atoms with Gasteiger partial charge in [-0.05, 0) is 30.5 Å². The van der Waals surface area contributed by atoms with E-state index in [1.807, 2.05) is 0 Å². The Morgan fingerprint density at radius 1 is 1.42 bits per heavy atom. The number of aliphatic hydroxyl groups is 1. The van der Waals surface area contributed by atoms with Gasteiger partial charge in [0.15, 0.2) is 0 Å². The molecular formula is C12H14F3NO2S. The van der Waals surface area contributed by atoms with Gasteiger partial charge in [0, 0.05) is 18.0 Å². The molecule has 1 aliphatic rings. The second-order valence-corrected chi connectivity index (χ2v) is 6.77. The number of halogens is 3. The lowest BCUT2D eigenvalue weighted by molar-refractivity contribution is -0.137. The van der Waals surface area contributed by atoms with E-state index in [9.17, 15) is 22.5 Å². The first kappa shape index (κ1) is 14.4. The summed E-state index contributed by atoms with van der Waals surface area (Å²) in [4.78, 5) is 0.0384. The van der Waals surface area contributed by atoms with Crippen LogP contribution in [-0.4, -0.2) is 38.7 Å². The highest BCUT2D eigenvalue weighted by atomic mass is 32.2. The van der Waals surface area contributed by atoms with Crippen LogP contribution in [0.15, 0.2) is 29.2 Å². The molecule has 0 radical (unpaired) electrons. The lowest BCUT2D eigenvalue weighted by Gasteiger charge is -2.21. The second-order valence-electron chi connectivity index (χ2n) is 4.50. The predicted molar refractivity (Wildman–Crippen MR) is 67.2 cm³/mol. The Morgan fingerprint density at radius 2 is 2.11 bits per heavy atom. The summed E-state index contributed by atoms with van der Waals surface area (Å²) < 4.78 is 51.9. The van der Waals surface area contributed by atoms with Crippen molar-refractivity contribution in [2.75, 3.05) is 13.1 Å². The molecule has 1 aliphatic heterocycles. The Bertz CT molecular complexity index is 569. The van der Waals surface area contributed by atoms with E-state index in [1.54, 1.807) is 0 Å². The van der Waals surface area contributed by atoms with Crippen molar-refractivity contribution in [2.45, 2.75) is 23.6 Å². The van der Waals surface area contributed by atoms with Crippen LogP contribution in [0.1, 0.15) is 12.0 Å². The van der Waals surface area contributed by atoms with Crippen molar-refractivity contribution in [2.24, 2.45) is 0 Å². The fraction of sp³-hybridized carbons (Fsp3) is 0.417. The van der Waals surface area contributed by atoms with Crippen LogP contribution in [0.3, 0.4) is 0 Å². The zero-order chi connectivity index (χ0) is 14.3. The monoisotopic (exact) mass is 293 g/mol. The smallest absolute Gasteiger partial charge is 0.392 e. The van der Waals surface area contributed by atoms with Gasteiger partial charge in [-0.15, -0.1) is 0 Å². The Morgan fingerprint density at radius 3 is 2.63 bits per heavy atom. The molecule has 106 valence electrons. The molecule has 0 bridgehead atoms. The van der Waals surface area contributed by atoms with E-state index < -0.39 is 27.6 Å². The number of alkyl halides is 3. The van der Waals surface area contributed by atoms with Gasteiger partial charge >= 0.3 is 6.18 Å². The van der Waals surface area contributed by atoms with Gasteiger partial charge in [-0.25, -0.2) is 8.51 Å². The number of benzene rings is 1. The summed E-state index contributed by atoms with van der Waals surface area (Å²) in [7, 11) is -2.98. The van der Waals surface area contributed by atoms with Crippen LogP contribution in [0.4, 0.5) is 13.2 Å². The molecule has 1 aromatic rings. The average Bonchev–Trinajstić information content (AvgIpc) is 2.76. The summed E-state index contributed by atoms with van der Waals surface area (Å²) in [5, 5.41) is 9.42. The first-order chi connectivity index (χ1) is 8.71. The average molecular weight is 293 g/mol. The van der Waals surface area contributed by atoms with Gasteiger partial charge in [-0.3, -0.25) is 0 Å². The van der Waals surface area contributed by atoms with Crippen LogP contribution in [0.2, 0.25) is 0 Å². The van der Waals surface area contributed by atoms with Crippen LogP contribution >= 0.6 is 0 Å². The number of β-amino-alcohol motifs (C(OH)–C–C–N with tert-alkyl or cyclic N) is 1. The van der Waals surface area contributed by atoms with Crippen molar-refractivity contribution in [3.8, 4) is 0 Å². The minimum Gasteiger partial charge on any atom is -0.392 e. The van der Waals surface area contributed by atoms with Gasteiger partial charge in [0.1, 0.15) is 0 Å². The first-order valence-corrected chi connectivity index (χ1v) is 7.37. The third-order valence-electron chi connectivity index (χ3n) is 3.07.